The van der Waals surface area contributed by atoms with Crippen molar-refractivity contribution in [2.75, 3.05) is 18.0 Å². The summed E-state index contributed by atoms with van der Waals surface area (Å²) in [6.45, 7) is 1.49. The first-order chi connectivity index (χ1) is 13.7. The minimum Gasteiger partial charge on any atom is -0.355 e. The number of nitrogens with zero attached hydrogens (tertiary/aromatic N) is 3. The number of benzene rings is 2. The van der Waals surface area contributed by atoms with Gasteiger partial charge in [0.15, 0.2) is 11.4 Å². The lowest BCUT2D eigenvalue weighted by molar-refractivity contribution is 0.778. The molecule has 0 amide bonds. The number of fused-ring (bicyclic) bond motifs is 1. The molecule has 1 N–H and O–H groups in total. The molecular formula is C22H20N4OS. The molecule has 28 heavy (non-hydrogen) atoms. The van der Waals surface area contributed by atoms with Gasteiger partial charge in [-0.15, -0.1) is 11.8 Å². The van der Waals surface area contributed by atoms with Crippen LogP contribution in [0, 0.1) is 11.3 Å². The predicted octanol–water partition coefficient (Wildman–Crippen LogP) is 3.54. The average Bonchev–Trinajstić information content (AvgIpc) is 2.95. The molecule has 0 saturated heterocycles. The minimum atomic E-state index is -0.363. The zero-order valence-corrected chi connectivity index (χ0v) is 16.2. The lowest BCUT2D eigenvalue weighted by Crippen LogP contribution is -2.31. The van der Waals surface area contributed by atoms with E-state index >= 15 is 0 Å². The van der Waals surface area contributed by atoms with Gasteiger partial charge in [0, 0.05) is 18.0 Å². The number of hydrogen-bond acceptors (Lipinski definition) is 5. The second-order valence-corrected chi connectivity index (χ2v) is 7.73. The van der Waals surface area contributed by atoms with E-state index in [2.05, 4.69) is 39.1 Å². The molecule has 0 spiro atoms. The highest BCUT2D eigenvalue weighted by Crippen LogP contribution is 2.24. The Morgan fingerprint density at radius 3 is 2.32 bits per heavy atom. The molecule has 1 aliphatic rings. The van der Waals surface area contributed by atoms with Crippen LogP contribution in [0.2, 0.25) is 0 Å². The molecule has 0 bridgehead atoms. The number of hydrogen-bond donors (Lipinski definition) is 1. The number of aromatic amines is 1. The zero-order chi connectivity index (χ0) is 19.3. The molecule has 6 heteroatoms. The number of thioether (sulfide) groups is 1. The fourth-order valence-electron chi connectivity index (χ4n) is 3.45. The van der Waals surface area contributed by atoms with Crippen LogP contribution in [0.1, 0.15) is 22.5 Å². The van der Waals surface area contributed by atoms with Crippen molar-refractivity contribution in [1.82, 2.24) is 9.97 Å². The van der Waals surface area contributed by atoms with Crippen LogP contribution in [-0.2, 0) is 18.6 Å². The molecule has 0 radical (unpaired) electrons. The van der Waals surface area contributed by atoms with Gasteiger partial charge in [-0.05, 0) is 36.1 Å². The summed E-state index contributed by atoms with van der Waals surface area (Å²) in [4.78, 5) is 23.1. The van der Waals surface area contributed by atoms with Gasteiger partial charge in [0.2, 0.25) is 0 Å². The standard InChI is InChI=1S/C22H20N4OS/c23-14-19-21(26-12-10-16-6-4-5-7-17(16)11-13-26)24-20(25-22(19)27)15-28-18-8-2-1-3-9-18/h1-9H,10-13,15H2,(H,24,25,27). The molecule has 3 aromatic rings. The van der Waals surface area contributed by atoms with Gasteiger partial charge in [0.05, 0.1) is 5.75 Å². The van der Waals surface area contributed by atoms with Gasteiger partial charge in [-0.25, -0.2) is 4.98 Å². The molecule has 0 atom stereocenters. The highest BCUT2D eigenvalue weighted by Gasteiger charge is 2.20. The molecule has 1 aromatic heterocycles. The van der Waals surface area contributed by atoms with Crippen molar-refractivity contribution in [3.8, 4) is 6.07 Å². The molecule has 0 aliphatic carbocycles. The third kappa shape index (κ3) is 3.95. The van der Waals surface area contributed by atoms with E-state index in [1.54, 1.807) is 11.8 Å². The summed E-state index contributed by atoms with van der Waals surface area (Å²) in [6.07, 6.45) is 1.76. The Hall–Kier alpha value is -3.04. The van der Waals surface area contributed by atoms with Gasteiger partial charge < -0.3 is 9.88 Å². The van der Waals surface area contributed by atoms with Crippen molar-refractivity contribution in [2.45, 2.75) is 23.5 Å². The van der Waals surface area contributed by atoms with E-state index in [-0.39, 0.29) is 11.1 Å². The van der Waals surface area contributed by atoms with Crippen LogP contribution in [0.3, 0.4) is 0 Å². The van der Waals surface area contributed by atoms with Gasteiger partial charge in [0.25, 0.3) is 5.56 Å². The molecule has 0 fully saturated rings. The van der Waals surface area contributed by atoms with E-state index in [1.165, 1.54) is 11.1 Å². The molecule has 4 rings (SSSR count). The van der Waals surface area contributed by atoms with Crippen LogP contribution in [0.4, 0.5) is 5.82 Å². The summed E-state index contributed by atoms with van der Waals surface area (Å²) in [5, 5.41) is 9.53. The summed E-state index contributed by atoms with van der Waals surface area (Å²) in [6, 6.07) is 20.5. The Balaban J connectivity index is 1.60. The number of rotatable bonds is 4. The maximum Gasteiger partial charge on any atom is 0.271 e. The van der Waals surface area contributed by atoms with Crippen LogP contribution < -0.4 is 10.5 Å². The predicted molar refractivity (Wildman–Crippen MR) is 112 cm³/mol. The SMILES string of the molecule is N#Cc1c(N2CCc3ccccc3CC2)nc(CSc2ccccc2)[nH]c1=O. The van der Waals surface area contributed by atoms with Crippen LogP contribution in [0.25, 0.3) is 0 Å². The van der Waals surface area contributed by atoms with E-state index in [0.29, 0.717) is 17.4 Å². The van der Waals surface area contributed by atoms with Crippen molar-refractivity contribution in [1.29, 1.82) is 5.26 Å². The molecule has 0 saturated carbocycles. The largest absolute Gasteiger partial charge is 0.355 e. The van der Waals surface area contributed by atoms with Gasteiger partial charge in [-0.3, -0.25) is 4.79 Å². The first-order valence-electron chi connectivity index (χ1n) is 9.27. The van der Waals surface area contributed by atoms with E-state index < -0.39 is 0 Å². The summed E-state index contributed by atoms with van der Waals surface area (Å²) in [7, 11) is 0. The Kier molecular flexibility index (Phi) is 5.45. The average molecular weight is 388 g/mol. The molecule has 140 valence electrons. The molecular weight excluding hydrogens is 368 g/mol. The van der Waals surface area contributed by atoms with Crippen molar-refractivity contribution in [3.05, 3.63) is 87.5 Å². The Bertz CT molecular complexity index is 1040. The fraction of sp³-hybridized carbons (Fsp3) is 0.227. The van der Waals surface area contributed by atoms with Crippen LogP contribution in [-0.4, -0.2) is 23.1 Å². The number of nitriles is 1. The Morgan fingerprint density at radius 1 is 1.04 bits per heavy atom. The number of H-pyrrole nitrogens is 1. The van der Waals surface area contributed by atoms with Crippen LogP contribution in [0.5, 0.6) is 0 Å². The molecule has 2 aromatic carbocycles. The fourth-order valence-corrected chi connectivity index (χ4v) is 4.24. The molecule has 5 nitrogen and oxygen atoms in total. The lowest BCUT2D eigenvalue weighted by Gasteiger charge is -2.22. The molecule has 2 heterocycles. The van der Waals surface area contributed by atoms with E-state index in [4.69, 9.17) is 0 Å². The Morgan fingerprint density at radius 2 is 1.68 bits per heavy atom. The van der Waals surface area contributed by atoms with Crippen molar-refractivity contribution in [2.24, 2.45) is 0 Å². The zero-order valence-electron chi connectivity index (χ0n) is 15.4. The van der Waals surface area contributed by atoms with Crippen molar-refractivity contribution >= 4 is 17.6 Å². The summed E-state index contributed by atoms with van der Waals surface area (Å²) >= 11 is 1.61. The third-order valence-electron chi connectivity index (χ3n) is 4.90. The topological polar surface area (TPSA) is 72.8 Å². The normalized spacial score (nSPS) is 13.5. The van der Waals surface area contributed by atoms with Crippen molar-refractivity contribution < 1.29 is 0 Å². The Labute approximate surface area is 168 Å². The van der Waals surface area contributed by atoms with Gasteiger partial charge in [-0.2, -0.15) is 5.26 Å². The van der Waals surface area contributed by atoms with Crippen LogP contribution in [0.15, 0.2) is 64.3 Å². The van der Waals surface area contributed by atoms with Gasteiger partial charge in [-0.1, -0.05) is 42.5 Å². The highest BCUT2D eigenvalue weighted by molar-refractivity contribution is 7.98. The lowest BCUT2D eigenvalue weighted by atomic mass is 10.0. The van der Waals surface area contributed by atoms with Gasteiger partial charge >= 0.3 is 0 Å². The second-order valence-electron chi connectivity index (χ2n) is 6.68. The first kappa shape index (κ1) is 18.3. The van der Waals surface area contributed by atoms with Gasteiger partial charge in [0.1, 0.15) is 11.9 Å². The van der Waals surface area contributed by atoms with Crippen molar-refractivity contribution in [3.63, 3.8) is 0 Å². The number of anilines is 1. The number of aromatic nitrogens is 2. The van der Waals surface area contributed by atoms with E-state index in [9.17, 15) is 10.1 Å². The summed E-state index contributed by atoms with van der Waals surface area (Å²) in [5.41, 5.74) is 2.39. The molecule has 1 aliphatic heterocycles. The molecule has 0 unspecified atom stereocenters. The number of nitrogens with one attached hydrogen (secondary N) is 1. The first-order valence-corrected chi connectivity index (χ1v) is 10.3. The third-order valence-corrected chi connectivity index (χ3v) is 5.92. The second kappa shape index (κ2) is 8.32. The maximum atomic E-state index is 12.5. The monoisotopic (exact) mass is 388 g/mol. The van der Waals surface area contributed by atoms with E-state index in [1.807, 2.05) is 36.4 Å². The van der Waals surface area contributed by atoms with Crippen LogP contribution >= 0.6 is 11.8 Å². The smallest absolute Gasteiger partial charge is 0.271 e. The highest BCUT2D eigenvalue weighted by atomic mass is 32.2. The minimum absolute atomic E-state index is 0.0967. The quantitative estimate of drug-likeness (QED) is 0.692. The maximum absolute atomic E-state index is 12.5. The summed E-state index contributed by atoms with van der Waals surface area (Å²) < 4.78 is 0. The summed E-state index contributed by atoms with van der Waals surface area (Å²) in [5.74, 6) is 1.64. The van der Waals surface area contributed by atoms with E-state index in [0.717, 1.165) is 30.8 Å².